The number of rotatable bonds is 8. The fourth-order valence-corrected chi connectivity index (χ4v) is 4.43. The molecule has 0 saturated heterocycles. The molecule has 3 aromatic rings. The average molecular weight is 458 g/mol. The van der Waals surface area contributed by atoms with E-state index in [1.807, 2.05) is 29.6 Å². The summed E-state index contributed by atoms with van der Waals surface area (Å²) in [6, 6.07) is 7.88. The van der Waals surface area contributed by atoms with Crippen LogP contribution in [0.5, 0.6) is 0 Å². The second-order valence-corrected chi connectivity index (χ2v) is 8.24. The van der Waals surface area contributed by atoms with Crippen molar-refractivity contribution in [3.63, 3.8) is 0 Å². The Kier molecular flexibility index (Phi) is 7.59. The van der Waals surface area contributed by atoms with Crippen molar-refractivity contribution in [3.8, 4) is 0 Å². The van der Waals surface area contributed by atoms with Crippen molar-refractivity contribution in [2.24, 2.45) is 0 Å². The highest BCUT2D eigenvalue weighted by atomic mass is 32.2. The van der Waals surface area contributed by atoms with Crippen LogP contribution in [0.4, 0.5) is 16.6 Å². The number of amides is 1. The Morgan fingerprint density at radius 2 is 1.94 bits per heavy atom. The van der Waals surface area contributed by atoms with Crippen LogP contribution >= 0.6 is 23.1 Å². The summed E-state index contributed by atoms with van der Waals surface area (Å²) in [5.41, 5.74) is 8.78. The average Bonchev–Trinajstić information content (AvgIpc) is 3.21. The van der Waals surface area contributed by atoms with Crippen LogP contribution in [0.3, 0.4) is 0 Å². The van der Waals surface area contributed by atoms with Crippen molar-refractivity contribution in [1.29, 1.82) is 0 Å². The number of thioether (sulfide) groups is 1. The van der Waals surface area contributed by atoms with E-state index in [-0.39, 0.29) is 23.9 Å². The minimum atomic E-state index is -0.544. The highest BCUT2D eigenvalue weighted by Gasteiger charge is 2.19. The minimum Gasteiger partial charge on any atom is -0.462 e. The van der Waals surface area contributed by atoms with Gasteiger partial charge in [-0.1, -0.05) is 30.8 Å². The monoisotopic (exact) mass is 457 g/mol. The van der Waals surface area contributed by atoms with Gasteiger partial charge in [-0.2, -0.15) is 0 Å². The number of nitrogens with zero attached hydrogens (tertiary/aromatic N) is 4. The summed E-state index contributed by atoms with van der Waals surface area (Å²) >= 11 is 2.74. The maximum atomic E-state index is 12.3. The second kappa shape index (κ2) is 10.4. The lowest BCUT2D eigenvalue weighted by Crippen LogP contribution is -2.22. The molecule has 2 heterocycles. The number of hydrogen-bond donors (Lipinski definition) is 1. The molecule has 0 unspecified atom stereocenters. The van der Waals surface area contributed by atoms with Gasteiger partial charge in [0.2, 0.25) is 5.91 Å². The largest absolute Gasteiger partial charge is 0.462 e. The molecule has 0 aliphatic heterocycles. The van der Waals surface area contributed by atoms with Gasteiger partial charge in [0.05, 0.1) is 18.0 Å². The molecule has 3 rings (SSSR count). The topological polar surface area (TPSA) is 111 Å². The van der Waals surface area contributed by atoms with E-state index in [2.05, 4.69) is 21.9 Å². The molecule has 1 amide bonds. The number of esters is 1. The molecule has 10 heteroatoms. The van der Waals surface area contributed by atoms with E-state index in [9.17, 15) is 9.59 Å². The molecular weight excluding hydrogens is 434 g/mol. The standard InChI is InChI=1S/C21H23N5O3S2/c1-4-14-6-8-16(9-7-14)26(13(3)27)21-24-15(12-31-21)11-30-20-23-10-17(18(22)25-20)19(28)29-5-2/h6-10,12H,4-5,11H2,1-3H3,(H2,22,23,25). The smallest absolute Gasteiger partial charge is 0.343 e. The number of nitrogen functional groups attached to an aromatic ring is 1. The van der Waals surface area contributed by atoms with Crippen LogP contribution in [-0.2, 0) is 21.7 Å². The summed E-state index contributed by atoms with van der Waals surface area (Å²) < 4.78 is 4.93. The molecule has 0 bridgehead atoms. The number of carbonyl (C=O) groups excluding carboxylic acids is 2. The molecule has 0 spiro atoms. The fourth-order valence-electron chi connectivity index (χ4n) is 2.73. The molecule has 31 heavy (non-hydrogen) atoms. The van der Waals surface area contributed by atoms with E-state index >= 15 is 0 Å². The van der Waals surface area contributed by atoms with Gasteiger partial charge in [-0.25, -0.2) is 19.7 Å². The molecule has 0 radical (unpaired) electrons. The van der Waals surface area contributed by atoms with Gasteiger partial charge in [0, 0.05) is 24.3 Å². The lowest BCUT2D eigenvalue weighted by atomic mass is 10.1. The van der Waals surface area contributed by atoms with Gasteiger partial charge in [-0.3, -0.25) is 9.69 Å². The zero-order valence-electron chi connectivity index (χ0n) is 17.5. The molecule has 2 N–H and O–H groups in total. The van der Waals surface area contributed by atoms with E-state index in [1.165, 1.54) is 41.8 Å². The zero-order valence-corrected chi connectivity index (χ0v) is 19.1. The Balaban J connectivity index is 1.70. The normalized spacial score (nSPS) is 10.7. The van der Waals surface area contributed by atoms with Crippen LogP contribution in [0.25, 0.3) is 0 Å². The van der Waals surface area contributed by atoms with Crippen molar-refractivity contribution in [1.82, 2.24) is 15.0 Å². The Morgan fingerprint density at radius 3 is 2.55 bits per heavy atom. The third-order valence-electron chi connectivity index (χ3n) is 4.29. The van der Waals surface area contributed by atoms with Crippen molar-refractivity contribution in [2.45, 2.75) is 38.1 Å². The third-order valence-corrected chi connectivity index (χ3v) is 6.06. The maximum Gasteiger partial charge on any atom is 0.343 e. The highest BCUT2D eigenvalue weighted by molar-refractivity contribution is 7.98. The van der Waals surface area contributed by atoms with Crippen LogP contribution < -0.4 is 10.6 Å². The van der Waals surface area contributed by atoms with Gasteiger partial charge >= 0.3 is 5.97 Å². The minimum absolute atomic E-state index is 0.0770. The SMILES string of the molecule is CCOC(=O)c1cnc(SCc2csc(N(C(C)=O)c3ccc(CC)cc3)n2)nc1N. The lowest BCUT2D eigenvalue weighted by Gasteiger charge is -2.18. The molecule has 8 nitrogen and oxygen atoms in total. The Morgan fingerprint density at radius 1 is 1.19 bits per heavy atom. The van der Waals surface area contributed by atoms with Gasteiger partial charge in [0.15, 0.2) is 10.3 Å². The molecule has 162 valence electrons. The first-order valence-corrected chi connectivity index (χ1v) is 11.6. The summed E-state index contributed by atoms with van der Waals surface area (Å²) in [5.74, 6) is -0.0801. The first-order valence-electron chi connectivity index (χ1n) is 9.69. The van der Waals surface area contributed by atoms with Crippen LogP contribution in [-0.4, -0.2) is 33.4 Å². The van der Waals surface area contributed by atoms with Gasteiger partial charge in [0.25, 0.3) is 0 Å². The quantitative estimate of drug-likeness (QED) is 0.304. The van der Waals surface area contributed by atoms with Crippen LogP contribution in [0, 0.1) is 0 Å². The molecule has 0 atom stereocenters. The van der Waals surface area contributed by atoms with Crippen LogP contribution in [0.2, 0.25) is 0 Å². The van der Waals surface area contributed by atoms with E-state index in [4.69, 9.17) is 10.5 Å². The molecule has 0 aliphatic rings. The molecule has 0 fully saturated rings. The molecule has 0 saturated carbocycles. The number of anilines is 3. The van der Waals surface area contributed by atoms with E-state index in [0.29, 0.717) is 16.0 Å². The van der Waals surface area contributed by atoms with E-state index in [0.717, 1.165) is 17.8 Å². The van der Waals surface area contributed by atoms with Crippen LogP contribution in [0.1, 0.15) is 42.4 Å². The predicted molar refractivity (Wildman–Crippen MR) is 123 cm³/mol. The van der Waals surface area contributed by atoms with Crippen LogP contribution in [0.15, 0.2) is 41.0 Å². The molecule has 1 aromatic carbocycles. The first-order chi connectivity index (χ1) is 14.9. The fraction of sp³-hybridized carbons (Fsp3) is 0.286. The van der Waals surface area contributed by atoms with E-state index in [1.54, 1.807) is 11.8 Å². The zero-order chi connectivity index (χ0) is 22.4. The Bertz CT molecular complexity index is 1070. The number of thiazole rings is 1. The first kappa shape index (κ1) is 22.7. The number of aromatic nitrogens is 3. The third kappa shape index (κ3) is 5.59. The van der Waals surface area contributed by atoms with Crippen molar-refractivity contribution >= 4 is 51.6 Å². The Hall–Kier alpha value is -2.98. The highest BCUT2D eigenvalue weighted by Crippen LogP contribution is 2.31. The Labute approximate surface area is 188 Å². The summed E-state index contributed by atoms with van der Waals surface area (Å²) in [5, 5.41) is 2.93. The number of aryl methyl sites for hydroxylation is 1. The van der Waals surface area contributed by atoms with Gasteiger partial charge < -0.3 is 10.5 Å². The number of nitrogens with two attached hydrogens (primary N) is 1. The summed E-state index contributed by atoms with van der Waals surface area (Å²) in [7, 11) is 0. The summed E-state index contributed by atoms with van der Waals surface area (Å²) in [6.07, 6.45) is 2.30. The second-order valence-electron chi connectivity index (χ2n) is 6.46. The van der Waals surface area contributed by atoms with E-state index < -0.39 is 5.97 Å². The van der Waals surface area contributed by atoms with Crippen molar-refractivity contribution in [3.05, 3.63) is 52.7 Å². The summed E-state index contributed by atoms with van der Waals surface area (Å²) in [4.78, 5) is 38.6. The van der Waals surface area contributed by atoms with Gasteiger partial charge in [0.1, 0.15) is 11.4 Å². The molecule has 2 aromatic heterocycles. The van der Waals surface area contributed by atoms with Crippen molar-refractivity contribution < 1.29 is 14.3 Å². The number of benzene rings is 1. The summed E-state index contributed by atoms with van der Waals surface area (Å²) in [6.45, 7) is 5.57. The van der Waals surface area contributed by atoms with Gasteiger partial charge in [-0.15, -0.1) is 11.3 Å². The predicted octanol–water partition coefficient (Wildman–Crippen LogP) is 4.23. The lowest BCUT2D eigenvalue weighted by molar-refractivity contribution is -0.115. The maximum absolute atomic E-state index is 12.3. The molecule has 0 aliphatic carbocycles. The number of hydrogen-bond acceptors (Lipinski definition) is 9. The van der Waals surface area contributed by atoms with Gasteiger partial charge in [-0.05, 0) is 31.0 Å². The van der Waals surface area contributed by atoms with Crippen molar-refractivity contribution in [2.75, 3.05) is 17.2 Å². The number of carbonyl (C=O) groups is 2. The number of ether oxygens (including phenoxy) is 1. The molecular formula is C21H23N5O3S2.